The highest BCUT2D eigenvalue weighted by molar-refractivity contribution is 7.99. The zero-order valence-corrected chi connectivity index (χ0v) is 14.1. The summed E-state index contributed by atoms with van der Waals surface area (Å²) in [6.07, 6.45) is -2.25. The van der Waals surface area contributed by atoms with Gasteiger partial charge in [0.1, 0.15) is 0 Å². The second-order valence-corrected chi connectivity index (χ2v) is 6.30. The molecule has 1 N–H and O–H groups in total. The first-order chi connectivity index (χ1) is 10.3. The van der Waals surface area contributed by atoms with Crippen LogP contribution in [0.25, 0.3) is 0 Å². The molecule has 1 unspecified atom stereocenters. The number of alkyl halides is 3. The van der Waals surface area contributed by atoms with Gasteiger partial charge in [-0.15, -0.1) is 0 Å². The van der Waals surface area contributed by atoms with Crippen LogP contribution in [-0.4, -0.2) is 43.0 Å². The van der Waals surface area contributed by atoms with Crippen molar-refractivity contribution in [1.29, 1.82) is 0 Å². The zero-order chi connectivity index (χ0) is 16.8. The molecule has 0 saturated carbocycles. The van der Waals surface area contributed by atoms with Gasteiger partial charge in [0.25, 0.3) is 0 Å². The third-order valence-electron chi connectivity index (χ3n) is 3.22. The number of nitrogens with zero attached hydrogens (tertiary/aromatic N) is 2. The van der Waals surface area contributed by atoms with Gasteiger partial charge in [0.05, 0.1) is 5.56 Å². The highest BCUT2D eigenvalue weighted by atomic mass is 32.2. The Labute approximate surface area is 134 Å². The molecule has 0 aliphatic rings. The van der Waals surface area contributed by atoms with Crippen LogP contribution in [-0.2, 0) is 12.7 Å². The SMILES string of the molecule is CN=C(NCC(C)SC)N(C)Cc1ccc(C(F)(F)F)cc1. The van der Waals surface area contributed by atoms with E-state index in [1.54, 1.807) is 18.8 Å². The van der Waals surface area contributed by atoms with Crippen molar-refractivity contribution in [3.63, 3.8) is 0 Å². The first-order valence-corrected chi connectivity index (χ1v) is 8.17. The van der Waals surface area contributed by atoms with Gasteiger partial charge in [0.2, 0.25) is 0 Å². The van der Waals surface area contributed by atoms with Gasteiger partial charge in [0.15, 0.2) is 5.96 Å². The lowest BCUT2D eigenvalue weighted by atomic mass is 10.1. The van der Waals surface area contributed by atoms with E-state index in [0.29, 0.717) is 11.8 Å². The van der Waals surface area contributed by atoms with E-state index < -0.39 is 11.7 Å². The number of benzene rings is 1. The number of halogens is 3. The molecular formula is C15H22F3N3S. The lowest BCUT2D eigenvalue weighted by Crippen LogP contribution is -2.40. The quantitative estimate of drug-likeness (QED) is 0.660. The van der Waals surface area contributed by atoms with Crippen molar-refractivity contribution in [2.45, 2.75) is 24.9 Å². The molecule has 7 heteroatoms. The lowest BCUT2D eigenvalue weighted by Gasteiger charge is -2.23. The molecule has 0 aromatic heterocycles. The second kappa shape index (κ2) is 8.31. The lowest BCUT2D eigenvalue weighted by molar-refractivity contribution is -0.137. The summed E-state index contributed by atoms with van der Waals surface area (Å²) in [4.78, 5) is 6.07. The van der Waals surface area contributed by atoms with Crippen molar-refractivity contribution in [3.8, 4) is 0 Å². The van der Waals surface area contributed by atoms with E-state index in [9.17, 15) is 13.2 Å². The Morgan fingerprint density at radius 2 is 1.91 bits per heavy atom. The molecule has 1 aromatic rings. The summed E-state index contributed by atoms with van der Waals surface area (Å²) >= 11 is 1.75. The fourth-order valence-corrected chi connectivity index (χ4v) is 2.10. The van der Waals surface area contributed by atoms with E-state index in [-0.39, 0.29) is 0 Å². The summed E-state index contributed by atoms with van der Waals surface area (Å²) in [6.45, 7) is 3.39. The van der Waals surface area contributed by atoms with Crippen LogP contribution in [0.5, 0.6) is 0 Å². The fraction of sp³-hybridized carbons (Fsp3) is 0.533. The monoisotopic (exact) mass is 333 g/mol. The highest BCUT2D eigenvalue weighted by Crippen LogP contribution is 2.29. The van der Waals surface area contributed by atoms with Crippen LogP contribution >= 0.6 is 11.8 Å². The van der Waals surface area contributed by atoms with E-state index in [2.05, 4.69) is 17.2 Å². The van der Waals surface area contributed by atoms with E-state index in [4.69, 9.17) is 0 Å². The number of guanidine groups is 1. The second-order valence-electron chi connectivity index (χ2n) is 5.03. The molecule has 0 aliphatic carbocycles. The number of thioether (sulfide) groups is 1. The Morgan fingerprint density at radius 1 is 1.32 bits per heavy atom. The van der Waals surface area contributed by atoms with Gasteiger partial charge < -0.3 is 10.2 Å². The molecule has 1 atom stereocenters. The van der Waals surface area contributed by atoms with Gasteiger partial charge >= 0.3 is 6.18 Å². The minimum absolute atomic E-state index is 0.455. The van der Waals surface area contributed by atoms with Gasteiger partial charge in [-0.2, -0.15) is 24.9 Å². The van der Waals surface area contributed by atoms with Crippen LogP contribution in [0.15, 0.2) is 29.3 Å². The van der Waals surface area contributed by atoms with E-state index in [1.165, 1.54) is 12.1 Å². The topological polar surface area (TPSA) is 27.6 Å². The molecule has 0 aliphatic heterocycles. The maximum Gasteiger partial charge on any atom is 0.416 e. The number of rotatable bonds is 5. The summed E-state index contributed by atoms with van der Waals surface area (Å²) < 4.78 is 37.6. The van der Waals surface area contributed by atoms with Crippen molar-refractivity contribution in [2.24, 2.45) is 4.99 Å². The predicted octanol–water partition coefficient (Wildman–Crippen LogP) is 3.46. The standard InChI is InChI=1S/C15H22F3N3S/c1-11(22-4)9-20-14(19-2)21(3)10-12-5-7-13(8-6-12)15(16,17)18/h5-8,11H,9-10H2,1-4H3,(H,19,20). The smallest absolute Gasteiger partial charge is 0.355 e. The van der Waals surface area contributed by atoms with Crippen LogP contribution in [0.3, 0.4) is 0 Å². The van der Waals surface area contributed by atoms with Crippen molar-refractivity contribution >= 4 is 17.7 Å². The summed E-state index contributed by atoms with van der Waals surface area (Å²) in [5, 5.41) is 3.71. The van der Waals surface area contributed by atoms with Gasteiger partial charge in [-0.3, -0.25) is 4.99 Å². The van der Waals surface area contributed by atoms with Gasteiger partial charge in [-0.25, -0.2) is 0 Å². The molecule has 1 rings (SSSR count). The van der Waals surface area contributed by atoms with E-state index in [0.717, 1.165) is 30.2 Å². The van der Waals surface area contributed by atoms with Crippen molar-refractivity contribution in [3.05, 3.63) is 35.4 Å². The average Bonchev–Trinajstić information content (AvgIpc) is 2.47. The number of hydrogen-bond donors (Lipinski definition) is 1. The maximum absolute atomic E-state index is 12.5. The molecular weight excluding hydrogens is 311 g/mol. The van der Waals surface area contributed by atoms with Gasteiger partial charge in [-0.05, 0) is 24.0 Å². The first kappa shape index (κ1) is 18.7. The Hall–Kier alpha value is -1.37. The van der Waals surface area contributed by atoms with E-state index >= 15 is 0 Å². The number of nitrogens with one attached hydrogen (secondary N) is 1. The molecule has 3 nitrogen and oxygen atoms in total. The van der Waals surface area contributed by atoms with Crippen molar-refractivity contribution in [2.75, 3.05) is 26.9 Å². The minimum Gasteiger partial charge on any atom is -0.355 e. The number of aliphatic imine (C=N–C) groups is 1. The summed E-state index contributed by atoms with van der Waals surface area (Å²) in [5.74, 6) is 0.723. The Kier molecular flexibility index (Phi) is 7.06. The van der Waals surface area contributed by atoms with Crippen LogP contribution in [0.1, 0.15) is 18.1 Å². The highest BCUT2D eigenvalue weighted by Gasteiger charge is 2.29. The van der Waals surface area contributed by atoms with Crippen LogP contribution in [0.2, 0.25) is 0 Å². The van der Waals surface area contributed by atoms with Crippen molar-refractivity contribution < 1.29 is 13.2 Å². The molecule has 0 fully saturated rings. The predicted molar refractivity (Wildman–Crippen MR) is 87.2 cm³/mol. The molecule has 0 radical (unpaired) electrons. The molecule has 124 valence electrons. The normalized spacial score (nSPS) is 13.9. The third-order valence-corrected chi connectivity index (χ3v) is 4.20. The summed E-state index contributed by atoms with van der Waals surface area (Å²) in [5.41, 5.74) is 0.173. The van der Waals surface area contributed by atoms with Gasteiger partial charge in [0, 0.05) is 32.4 Å². The molecule has 0 heterocycles. The molecule has 1 aromatic carbocycles. The Morgan fingerprint density at radius 3 is 2.36 bits per heavy atom. The molecule has 22 heavy (non-hydrogen) atoms. The zero-order valence-electron chi connectivity index (χ0n) is 13.2. The third kappa shape index (κ3) is 5.79. The molecule has 0 spiro atoms. The van der Waals surface area contributed by atoms with Crippen molar-refractivity contribution in [1.82, 2.24) is 10.2 Å². The maximum atomic E-state index is 12.5. The fourth-order valence-electron chi connectivity index (χ4n) is 1.85. The summed E-state index contributed by atoms with van der Waals surface area (Å²) in [6, 6.07) is 5.21. The largest absolute Gasteiger partial charge is 0.416 e. The summed E-state index contributed by atoms with van der Waals surface area (Å²) in [7, 11) is 3.55. The molecule has 0 amide bonds. The Bertz CT molecular complexity index is 486. The minimum atomic E-state index is -4.30. The van der Waals surface area contributed by atoms with Crippen LogP contribution in [0.4, 0.5) is 13.2 Å². The molecule has 0 bridgehead atoms. The van der Waals surface area contributed by atoms with E-state index in [1.807, 2.05) is 18.2 Å². The van der Waals surface area contributed by atoms with Gasteiger partial charge in [-0.1, -0.05) is 19.1 Å². The first-order valence-electron chi connectivity index (χ1n) is 6.88. The average molecular weight is 333 g/mol. The van der Waals surface area contributed by atoms with Crippen LogP contribution in [0, 0.1) is 0 Å². The number of hydrogen-bond acceptors (Lipinski definition) is 2. The molecule has 0 saturated heterocycles. The van der Waals surface area contributed by atoms with Crippen LogP contribution < -0.4 is 5.32 Å². The Balaban J connectivity index is 2.64.